The first-order valence-corrected chi connectivity index (χ1v) is 9.49. The number of carbonyl (C=O) groups excluding carboxylic acids is 3. The van der Waals surface area contributed by atoms with Gasteiger partial charge in [0.2, 0.25) is 17.7 Å². The lowest BCUT2D eigenvalue weighted by molar-refractivity contribution is -0.139. The van der Waals surface area contributed by atoms with Gasteiger partial charge in [-0.05, 0) is 23.6 Å². The van der Waals surface area contributed by atoms with Crippen molar-refractivity contribution in [2.24, 2.45) is 11.7 Å². The fourth-order valence-electron chi connectivity index (χ4n) is 2.79. The number of nitrogens with zero attached hydrogens (tertiary/aromatic N) is 2. The number of carbonyl (C=O) groups is 3. The number of rotatable bonds is 6. The minimum atomic E-state index is -0.625. The smallest absolute Gasteiger partial charge is 0.242 e. The fourth-order valence-corrected chi connectivity index (χ4v) is 2.92. The van der Waals surface area contributed by atoms with Crippen molar-refractivity contribution < 1.29 is 14.4 Å². The van der Waals surface area contributed by atoms with Crippen LogP contribution in [0.15, 0.2) is 24.3 Å². The number of halogens is 1. The highest BCUT2D eigenvalue weighted by molar-refractivity contribution is 6.30. The first-order valence-electron chi connectivity index (χ1n) is 9.11. The number of nitrogens with one attached hydrogen (secondary N) is 1. The molecule has 0 aromatic heterocycles. The van der Waals surface area contributed by atoms with E-state index in [2.05, 4.69) is 5.32 Å². The van der Waals surface area contributed by atoms with Crippen LogP contribution in [0.2, 0.25) is 5.02 Å². The van der Waals surface area contributed by atoms with E-state index in [0.717, 1.165) is 5.56 Å². The van der Waals surface area contributed by atoms with Gasteiger partial charge in [0, 0.05) is 31.2 Å². The lowest BCUT2D eigenvalue weighted by Gasteiger charge is -2.35. The van der Waals surface area contributed by atoms with Crippen molar-refractivity contribution in [2.75, 3.05) is 32.7 Å². The van der Waals surface area contributed by atoms with Crippen LogP contribution >= 0.6 is 11.6 Å². The predicted octanol–water partition coefficient (Wildman–Crippen LogP) is 0.653. The standard InChI is InChI=1S/C19H27ClN4O3/c1-13(2)18(21)19(27)22-12-17(26)24-9-7-23(8-10-24)16(25)11-14-3-5-15(20)6-4-14/h3-6,13,18H,7-12,21H2,1-2H3,(H,22,27)/t18-/m0/s1. The summed E-state index contributed by atoms with van der Waals surface area (Å²) in [6, 6.07) is 6.58. The number of hydrogen-bond donors (Lipinski definition) is 2. The molecule has 0 spiro atoms. The van der Waals surface area contributed by atoms with Crippen LogP contribution in [0.4, 0.5) is 0 Å². The Hall–Kier alpha value is -2.12. The summed E-state index contributed by atoms with van der Waals surface area (Å²) >= 11 is 5.85. The number of nitrogens with two attached hydrogens (primary N) is 1. The second kappa shape index (κ2) is 9.71. The van der Waals surface area contributed by atoms with Gasteiger partial charge in [0.05, 0.1) is 19.0 Å². The maximum atomic E-state index is 12.4. The van der Waals surface area contributed by atoms with E-state index in [9.17, 15) is 14.4 Å². The van der Waals surface area contributed by atoms with Gasteiger partial charge in [0.25, 0.3) is 0 Å². The molecule has 1 aliphatic heterocycles. The van der Waals surface area contributed by atoms with E-state index in [1.54, 1.807) is 21.9 Å². The molecule has 3 amide bonds. The van der Waals surface area contributed by atoms with E-state index in [1.165, 1.54) is 0 Å². The molecule has 0 saturated carbocycles. The Bertz CT molecular complexity index is 670. The van der Waals surface area contributed by atoms with Crippen LogP contribution in [0.3, 0.4) is 0 Å². The van der Waals surface area contributed by atoms with E-state index in [-0.39, 0.29) is 30.2 Å². The molecule has 0 unspecified atom stereocenters. The van der Waals surface area contributed by atoms with E-state index in [0.29, 0.717) is 37.6 Å². The van der Waals surface area contributed by atoms with Crippen molar-refractivity contribution in [1.82, 2.24) is 15.1 Å². The summed E-state index contributed by atoms with van der Waals surface area (Å²) in [5.41, 5.74) is 6.67. The zero-order valence-electron chi connectivity index (χ0n) is 15.8. The Morgan fingerprint density at radius 1 is 1.04 bits per heavy atom. The molecule has 8 heteroatoms. The molecule has 2 rings (SSSR count). The molecule has 0 bridgehead atoms. The van der Waals surface area contributed by atoms with Gasteiger partial charge in [-0.25, -0.2) is 0 Å². The van der Waals surface area contributed by atoms with Gasteiger partial charge in [0.15, 0.2) is 0 Å². The van der Waals surface area contributed by atoms with Crippen LogP contribution in [-0.2, 0) is 20.8 Å². The van der Waals surface area contributed by atoms with E-state index >= 15 is 0 Å². The molecule has 1 fully saturated rings. The Morgan fingerprint density at radius 2 is 1.56 bits per heavy atom. The third kappa shape index (κ3) is 6.22. The van der Waals surface area contributed by atoms with Gasteiger partial charge >= 0.3 is 0 Å². The average Bonchev–Trinajstić information content (AvgIpc) is 2.67. The van der Waals surface area contributed by atoms with Crippen LogP contribution in [-0.4, -0.2) is 66.3 Å². The highest BCUT2D eigenvalue weighted by Crippen LogP contribution is 2.12. The van der Waals surface area contributed by atoms with E-state index < -0.39 is 6.04 Å². The molecule has 0 radical (unpaired) electrons. The zero-order chi connectivity index (χ0) is 20.0. The molecule has 1 atom stereocenters. The summed E-state index contributed by atoms with van der Waals surface area (Å²) < 4.78 is 0. The second-order valence-corrected chi connectivity index (χ2v) is 7.49. The van der Waals surface area contributed by atoms with Gasteiger partial charge in [0.1, 0.15) is 0 Å². The van der Waals surface area contributed by atoms with Crippen molar-refractivity contribution in [2.45, 2.75) is 26.3 Å². The molecule has 1 heterocycles. The Kier molecular flexibility index (Phi) is 7.62. The topological polar surface area (TPSA) is 95.7 Å². The Labute approximate surface area is 164 Å². The highest BCUT2D eigenvalue weighted by Gasteiger charge is 2.25. The number of benzene rings is 1. The van der Waals surface area contributed by atoms with Crippen LogP contribution in [0.5, 0.6) is 0 Å². The Morgan fingerprint density at radius 3 is 2.07 bits per heavy atom. The molecule has 148 valence electrons. The number of amides is 3. The van der Waals surface area contributed by atoms with Crippen LogP contribution in [0.25, 0.3) is 0 Å². The van der Waals surface area contributed by atoms with Crippen LogP contribution in [0, 0.1) is 5.92 Å². The summed E-state index contributed by atoms with van der Waals surface area (Å²) in [5.74, 6) is -0.449. The van der Waals surface area contributed by atoms with Gasteiger partial charge in [-0.1, -0.05) is 37.6 Å². The molecule has 7 nitrogen and oxygen atoms in total. The predicted molar refractivity (Wildman–Crippen MR) is 104 cm³/mol. The van der Waals surface area contributed by atoms with Gasteiger partial charge in [-0.2, -0.15) is 0 Å². The summed E-state index contributed by atoms with van der Waals surface area (Å²) in [5, 5.41) is 3.22. The normalized spacial score (nSPS) is 15.6. The van der Waals surface area contributed by atoms with Gasteiger partial charge < -0.3 is 20.9 Å². The molecular formula is C19H27ClN4O3. The summed E-state index contributed by atoms with van der Waals surface area (Å²) in [7, 11) is 0. The van der Waals surface area contributed by atoms with E-state index in [4.69, 9.17) is 17.3 Å². The molecule has 3 N–H and O–H groups in total. The third-order valence-electron chi connectivity index (χ3n) is 4.69. The molecule has 27 heavy (non-hydrogen) atoms. The average molecular weight is 395 g/mol. The van der Waals surface area contributed by atoms with Crippen LogP contribution < -0.4 is 11.1 Å². The molecule has 1 aliphatic rings. The lowest BCUT2D eigenvalue weighted by atomic mass is 10.1. The molecular weight excluding hydrogens is 368 g/mol. The molecule has 0 aliphatic carbocycles. The van der Waals surface area contributed by atoms with E-state index in [1.807, 2.05) is 26.0 Å². The molecule has 1 saturated heterocycles. The lowest BCUT2D eigenvalue weighted by Crippen LogP contribution is -2.54. The van der Waals surface area contributed by atoms with Crippen molar-refractivity contribution in [1.29, 1.82) is 0 Å². The minimum Gasteiger partial charge on any atom is -0.346 e. The maximum Gasteiger partial charge on any atom is 0.242 e. The monoisotopic (exact) mass is 394 g/mol. The SMILES string of the molecule is CC(C)[C@H](N)C(=O)NCC(=O)N1CCN(C(=O)Cc2ccc(Cl)cc2)CC1. The quantitative estimate of drug-likeness (QED) is 0.740. The molecule has 1 aromatic carbocycles. The number of hydrogen-bond acceptors (Lipinski definition) is 4. The fraction of sp³-hybridized carbons (Fsp3) is 0.526. The Balaban J connectivity index is 1.75. The largest absolute Gasteiger partial charge is 0.346 e. The van der Waals surface area contributed by atoms with Crippen molar-refractivity contribution in [3.8, 4) is 0 Å². The van der Waals surface area contributed by atoms with Gasteiger partial charge in [-0.15, -0.1) is 0 Å². The number of piperazine rings is 1. The van der Waals surface area contributed by atoms with Crippen molar-refractivity contribution in [3.63, 3.8) is 0 Å². The first-order chi connectivity index (χ1) is 12.8. The van der Waals surface area contributed by atoms with Gasteiger partial charge in [-0.3, -0.25) is 14.4 Å². The molecule has 1 aromatic rings. The summed E-state index contributed by atoms with van der Waals surface area (Å²) in [4.78, 5) is 39.9. The third-order valence-corrected chi connectivity index (χ3v) is 4.94. The minimum absolute atomic E-state index is 0.00954. The maximum absolute atomic E-state index is 12.4. The first kappa shape index (κ1) is 21.2. The highest BCUT2D eigenvalue weighted by atomic mass is 35.5. The van der Waals surface area contributed by atoms with Crippen LogP contribution in [0.1, 0.15) is 19.4 Å². The zero-order valence-corrected chi connectivity index (χ0v) is 16.5. The summed E-state index contributed by atoms with van der Waals surface area (Å²) in [6.07, 6.45) is 0.314. The summed E-state index contributed by atoms with van der Waals surface area (Å²) in [6.45, 7) is 5.51. The van der Waals surface area contributed by atoms with Crippen molar-refractivity contribution in [3.05, 3.63) is 34.9 Å². The van der Waals surface area contributed by atoms with Crippen molar-refractivity contribution >= 4 is 29.3 Å². The second-order valence-electron chi connectivity index (χ2n) is 7.05.